The fourth-order valence-corrected chi connectivity index (χ4v) is 13.1. The molecule has 15 atom stereocenters. The van der Waals surface area contributed by atoms with E-state index in [2.05, 4.69) is 0 Å². The van der Waals surface area contributed by atoms with Gasteiger partial charge in [0.2, 0.25) is 0 Å². The van der Waals surface area contributed by atoms with Crippen molar-refractivity contribution in [3.05, 3.63) is 359 Å². The average molecular weight is 1490 g/mol. The summed E-state index contributed by atoms with van der Waals surface area (Å²) in [6.45, 7) is 0.340. The van der Waals surface area contributed by atoms with Crippen molar-refractivity contribution in [1.29, 1.82) is 0 Å². The van der Waals surface area contributed by atoms with Crippen LogP contribution in [0.15, 0.2) is 303 Å². The van der Waals surface area contributed by atoms with Crippen LogP contribution in [0.1, 0.15) is 91.3 Å². The second-order valence-electron chi connectivity index (χ2n) is 26.4. The largest absolute Gasteiger partial charge is 0.459 e. The Kier molecular flexibility index (Phi) is 27.0. The van der Waals surface area contributed by atoms with Crippen molar-refractivity contribution in [2.75, 3.05) is 19.8 Å². The van der Waals surface area contributed by atoms with E-state index in [-0.39, 0.29) is 66.4 Å². The van der Waals surface area contributed by atoms with Gasteiger partial charge < -0.3 is 71.1 Å². The van der Waals surface area contributed by atoms with Crippen molar-refractivity contribution in [3.8, 4) is 0 Å². The quantitative estimate of drug-likeness (QED) is 0.0290. The molecule has 0 amide bonds. The molecule has 3 fully saturated rings. The van der Waals surface area contributed by atoms with Crippen LogP contribution >= 0.6 is 0 Å². The van der Waals surface area contributed by atoms with Gasteiger partial charge in [0.15, 0.2) is 37.2 Å². The van der Waals surface area contributed by atoms with Crippen LogP contribution in [-0.2, 0) is 97.5 Å². The van der Waals surface area contributed by atoms with Crippen molar-refractivity contribution >= 4 is 35.8 Å². The number of ether oxygens (including phenoxy) is 15. The Balaban J connectivity index is 0.977. The Bertz CT molecular complexity index is 4520. The molecule has 110 heavy (non-hydrogen) atoms. The molecule has 6 unspecified atom stereocenters. The molecule has 13 rings (SSSR count). The highest BCUT2D eigenvalue weighted by molar-refractivity contribution is 5.92. The van der Waals surface area contributed by atoms with Crippen molar-refractivity contribution in [2.24, 2.45) is 5.92 Å². The van der Waals surface area contributed by atoms with Gasteiger partial charge in [0.05, 0.1) is 66.4 Å². The zero-order valence-electron chi connectivity index (χ0n) is 60.1. The van der Waals surface area contributed by atoms with E-state index >= 15 is 9.59 Å². The molecule has 3 aliphatic heterocycles. The highest BCUT2D eigenvalue weighted by Crippen LogP contribution is 2.41. The molecule has 3 aliphatic rings. The number of benzene rings is 10. The molecule has 0 saturated carbocycles. The summed E-state index contributed by atoms with van der Waals surface area (Å²) in [5.41, 5.74) is 3.84. The van der Waals surface area contributed by atoms with Gasteiger partial charge in [0, 0.05) is 5.92 Å². The van der Waals surface area contributed by atoms with Crippen LogP contribution in [0.3, 0.4) is 0 Å². The van der Waals surface area contributed by atoms with Crippen LogP contribution in [0, 0.1) is 5.92 Å². The molecule has 0 spiro atoms. The van der Waals surface area contributed by atoms with Gasteiger partial charge in [-0.05, 0) is 95.1 Å². The minimum Gasteiger partial charge on any atom is -0.459 e. The minimum absolute atomic E-state index is 0.0303. The zero-order chi connectivity index (χ0) is 75.8. The third kappa shape index (κ3) is 20.5. The number of hydrogen-bond donors (Lipinski definition) is 0. The molecular formula is C89H82O21. The Labute approximate surface area is 636 Å². The van der Waals surface area contributed by atoms with E-state index in [1.165, 1.54) is 36.4 Å². The highest BCUT2D eigenvalue weighted by Gasteiger charge is 2.59. The third-order valence-corrected chi connectivity index (χ3v) is 18.8. The Morgan fingerprint density at radius 2 is 0.536 bits per heavy atom. The SMILES string of the molecule is C[C@@H]1C(OC(=O)c2ccccc2)[C@@H](O[C@@H]2C(OC(=O)c3ccccc3)[C@@H](OC3[C@@H](OCc4ccccc4)OC(COCc4ccccc4)[C@@H](OCc4ccccc4)[C@@H]3OCc3ccccc3)OC(COC(=O)c3ccccc3)[C@H]2OC(=O)c2ccccc2)OC(COC(=O)c2ccccc2)[C@H]1OC(=O)c1ccccc1. The highest BCUT2D eigenvalue weighted by atomic mass is 16.8. The molecule has 21 nitrogen and oxygen atoms in total. The Morgan fingerprint density at radius 3 is 0.936 bits per heavy atom. The lowest BCUT2D eigenvalue weighted by molar-refractivity contribution is -0.388. The van der Waals surface area contributed by atoms with Crippen molar-refractivity contribution in [1.82, 2.24) is 0 Å². The van der Waals surface area contributed by atoms with Gasteiger partial charge in [-0.15, -0.1) is 0 Å². The maximum Gasteiger partial charge on any atom is 0.338 e. The normalized spacial score (nSPS) is 23.6. The standard InChI is InChI=1S/C89H82O21/c1-59-73(105-83(92)66-44-24-8-25-45-66)71(57-99-81(90)64-40-20-6-21-41-64)103-88(74(59)106-84(93)67-46-26-9-27-47-67)109-78-76(107-85(94)68-48-28-10-29-49-68)72(58-100-82(91)65-42-22-7-23-43-65)104-89(80(78)108-86(95)69-50-30-11-31-51-69)110-79-77(98-54-62-36-16-4-17-37-62)75(97-53-61-34-14-3-15-35-61)70(56-96-52-60-32-12-2-13-33-60)102-87(79)101-55-63-38-18-5-19-39-63/h2-51,59,70-80,87-89H,52-58H2,1H3/t59-,70?,71?,72?,73-,74?,75+,76+,77-,78-,79?,80?,87-,88+,89+/m0/s1. The average Bonchev–Trinajstić information content (AvgIpc) is 0.745. The first-order valence-electron chi connectivity index (χ1n) is 36.3. The summed E-state index contributed by atoms with van der Waals surface area (Å²) in [4.78, 5) is 88.6. The first-order chi connectivity index (χ1) is 54.0. The van der Waals surface area contributed by atoms with Crippen LogP contribution in [0.25, 0.3) is 0 Å². The van der Waals surface area contributed by atoms with Crippen LogP contribution in [0.4, 0.5) is 0 Å². The number of rotatable bonds is 31. The summed E-state index contributed by atoms with van der Waals surface area (Å²) in [5, 5.41) is 0. The van der Waals surface area contributed by atoms with E-state index in [1.54, 1.807) is 153 Å². The number of carbonyl (C=O) groups is 6. The fourth-order valence-electron chi connectivity index (χ4n) is 13.1. The van der Waals surface area contributed by atoms with E-state index < -0.39 is 141 Å². The molecule has 564 valence electrons. The smallest absolute Gasteiger partial charge is 0.338 e. The van der Waals surface area contributed by atoms with Crippen molar-refractivity contribution < 1.29 is 99.8 Å². The molecule has 10 aromatic carbocycles. The van der Waals surface area contributed by atoms with Gasteiger partial charge in [-0.25, -0.2) is 28.8 Å². The van der Waals surface area contributed by atoms with E-state index in [4.69, 9.17) is 71.1 Å². The van der Waals surface area contributed by atoms with E-state index in [0.29, 0.717) is 0 Å². The number of hydrogen-bond acceptors (Lipinski definition) is 21. The summed E-state index contributed by atoms with van der Waals surface area (Å²) in [7, 11) is 0. The molecule has 0 radical (unpaired) electrons. The second-order valence-corrected chi connectivity index (χ2v) is 26.4. The third-order valence-electron chi connectivity index (χ3n) is 18.8. The maximum absolute atomic E-state index is 15.5. The summed E-state index contributed by atoms with van der Waals surface area (Å²) in [6, 6.07) is 86.4. The molecule has 21 heteroatoms. The summed E-state index contributed by atoms with van der Waals surface area (Å²) < 4.78 is 103. The monoisotopic (exact) mass is 1490 g/mol. The van der Waals surface area contributed by atoms with Gasteiger partial charge in [-0.3, -0.25) is 0 Å². The fraction of sp³-hybridized carbons (Fsp3) is 0.258. The lowest BCUT2D eigenvalue weighted by Crippen LogP contribution is -2.68. The predicted octanol–water partition coefficient (Wildman–Crippen LogP) is 13.8. The van der Waals surface area contributed by atoms with E-state index in [0.717, 1.165) is 22.3 Å². The maximum atomic E-state index is 15.5. The first kappa shape index (κ1) is 76.8. The molecule has 10 aromatic rings. The molecule has 0 N–H and O–H groups in total. The van der Waals surface area contributed by atoms with E-state index in [1.807, 2.05) is 121 Å². The molecule has 0 aliphatic carbocycles. The summed E-state index contributed by atoms with van der Waals surface area (Å²) in [6.07, 6.45) is -22.1. The van der Waals surface area contributed by atoms with Gasteiger partial charge in [0.1, 0.15) is 62.0 Å². The lowest BCUT2D eigenvalue weighted by atomic mass is 9.89. The lowest BCUT2D eigenvalue weighted by Gasteiger charge is -2.51. The van der Waals surface area contributed by atoms with Crippen LogP contribution < -0.4 is 0 Å². The predicted molar refractivity (Wildman–Crippen MR) is 398 cm³/mol. The molecule has 0 aromatic heterocycles. The second kappa shape index (κ2) is 38.6. The van der Waals surface area contributed by atoms with Crippen LogP contribution in [0.5, 0.6) is 0 Å². The van der Waals surface area contributed by atoms with E-state index in [9.17, 15) is 19.2 Å². The molecule has 3 saturated heterocycles. The summed E-state index contributed by atoms with van der Waals surface area (Å²) in [5.74, 6) is -6.36. The zero-order valence-corrected chi connectivity index (χ0v) is 60.1. The van der Waals surface area contributed by atoms with Gasteiger partial charge in [-0.1, -0.05) is 237 Å². The van der Waals surface area contributed by atoms with Crippen LogP contribution in [0.2, 0.25) is 0 Å². The molecular weight excluding hydrogens is 1400 g/mol. The number of carbonyl (C=O) groups excluding carboxylic acids is 6. The van der Waals surface area contributed by atoms with Gasteiger partial charge >= 0.3 is 35.8 Å². The Morgan fingerprint density at radius 1 is 0.255 bits per heavy atom. The van der Waals surface area contributed by atoms with Crippen molar-refractivity contribution in [2.45, 2.75) is 119 Å². The molecule has 3 heterocycles. The van der Waals surface area contributed by atoms with Crippen molar-refractivity contribution in [3.63, 3.8) is 0 Å². The topological polar surface area (TPSA) is 241 Å². The minimum atomic E-state index is -1.97. The first-order valence-corrected chi connectivity index (χ1v) is 36.3. The van der Waals surface area contributed by atoms with Gasteiger partial charge in [-0.2, -0.15) is 0 Å². The number of esters is 6. The molecule has 0 bridgehead atoms. The van der Waals surface area contributed by atoms with Gasteiger partial charge in [0.25, 0.3) is 0 Å². The van der Waals surface area contributed by atoms with Crippen LogP contribution in [-0.4, -0.2) is 142 Å². The Hall–Kier alpha value is -11.3. The summed E-state index contributed by atoms with van der Waals surface area (Å²) >= 11 is 0.